The molecule has 4 rings (SSSR count). The molecule has 1 aliphatic rings. The second kappa shape index (κ2) is 5.81. The number of aromatic nitrogens is 2. The average Bonchev–Trinajstić information content (AvgIpc) is 3.42. The molecule has 1 aliphatic carbocycles. The third kappa shape index (κ3) is 3.03. The van der Waals surface area contributed by atoms with E-state index in [1.165, 1.54) is 6.07 Å². The number of benzene rings is 1. The number of nitrogens with two attached hydrogens (primary N) is 1. The molecule has 1 saturated carbocycles. The van der Waals surface area contributed by atoms with E-state index in [1.54, 1.807) is 24.4 Å². The van der Waals surface area contributed by atoms with Gasteiger partial charge in [-0.25, -0.2) is 9.37 Å². The lowest BCUT2D eigenvalue weighted by molar-refractivity contribution is -0.117. The number of hydrogen-bond acceptors (Lipinski definition) is 4. The van der Waals surface area contributed by atoms with Crippen molar-refractivity contribution in [3.8, 4) is 11.1 Å². The van der Waals surface area contributed by atoms with Crippen LogP contribution >= 0.6 is 0 Å². The van der Waals surface area contributed by atoms with E-state index in [0.29, 0.717) is 5.82 Å². The van der Waals surface area contributed by atoms with E-state index in [4.69, 9.17) is 5.73 Å². The first-order chi connectivity index (χ1) is 12.0. The van der Waals surface area contributed by atoms with E-state index in [2.05, 4.69) is 15.3 Å². The summed E-state index contributed by atoms with van der Waals surface area (Å²) in [5.74, 6) is 0.212. The van der Waals surface area contributed by atoms with E-state index in [0.717, 1.165) is 40.6 Å². The number of fused-ring (bicyclic) bond motifs is 1. The van der Waals surface area contributed by atoms with Crippen molar-refractivity contribution >= 4 is 28.3 Å². The Bertz CT molecular complexity index is 998. The minimum absolute atomic E-state index is 0.0157. The number of pyridine rings is 2. The summed E-state index contributed by atoms with van der Waals surface area (Å²) in [6.45, 7) is 1.89. The van der Waals surface area contributed by atoms with Crippen molar-refractivity contribution in [1.29, 1.82) is 0 Å². The molecule has 1 amide bonds. The number of hydrogen-bond donors (Lipinski definition) is 2. The molecule has 0 unspecified atom stereocenters. The van der Waals surface area contributed by atoms with Crippen LogP contribution in [0, 0.1) is 18.7 Å². The molecule has 0 spiro atoms. The number of nitrogen functional groups attached to an aromatic ring is 1. The fourth-order valence-electron chi connectivity index (χ4n) is 2.81. The molecule has 0 radical (unpaired) electrons. The molecule has 0 aliphatic heterocycles. The molecule has 25 heavy (non-hydrogen) atoms. The van der Waals surface area contributed by atoms with Gasteiger partial charge in [-0.15, -0.1) is 0 Å². The molecule has 0 saturated heterocycles. The zero-order valence-electron chi connectivity index (χ0n) is 13.7. The average molecular weight is 336 g/mol. The Labute approximate surface area is 144 Å². The zero-order valence-corrected chi connectivity index (χ0v) is 13.7. The van der Waals surface area contributed by atoms with E-state index in [-0.39, 0.29) is 17.5 Å². The maximum atomic E-state index is 13.4. The van der Waals surface area contributed by atoms with Gasteiger partial charge in [-0.1, -0.05) is 6.07 Å². The van der Waals surface area contributed by atoms with Crippen LogP contribution in [0.2, 0.25) is 0 Å². The Hall–Kier alpha value is -3.02. The number of aryl methyl sites for hydroxylation is 1. The molecule has 2 aromatic heterocycles. The van der Waals surface area contributed by atoms with Gasteiger partial charge in [-0.3, -0.25) is 9.78 Å². The molecule has 2 heterocycles. The van der Waals surface area contributed by atoms with Gasteiger partial charge in [-0.2, -0.15) is 0 Å². The van der Waals surface area contributed by atoms with Crippen LogP contribution < -0.4 is 11.1 Å². The van der Waals surface area contributed by atoms with Gasteiger partial charge >= 0.3 is 0 Å². The van der Waals surface area contributed by atoms with Crippen molar-refractivity contribution in [2.24, 2.45) is 5.92 Å². The van der Waals surface area contributed by atoms with E-state index >= 15 is 0 Å². The Morgan fingerprint density at radius 3 is 2.80 bits per heavy atom. The monoisotopic (exact) mass is 336 g/mol. The number of nitrogens with one attached hydrogen (secondary N) is 1. The van der Waals surface area contributed by atoms with Crippen molar-refractivity contribution in [2.45, 2.75) is 19.8 Å². The second-order valence-electron chi connectivity index (χ2n) is 6.38. The van der Waals surface area contributed by atoms with Gasteiger partial charge in [-0.05, 0) is 43.5 Å². The van der Waals surface area contributed by atoms with Gasteiger partial charge in [0.1, 0.15) is 11.6 Å². The van der Waals surface area contributed by atoms with Crippen LogP contribution in [-0.2, 0) is 4.79 Å². The van der Waals surface area contributed by atoms with Crippen LogP contribution in [-0.4, -0.2) is 15.9 Å². The lowest BCUT2D eigenvalue weighted by atomic mass is 10.0. The molecule has 0 atom stereocenters. The normalized spacial score (nSPS) is 13.8. The molecule has 3 N–H and O–H groups in total. The summed E-state index contributed by atoms with van der Waals surface area (Å²) in [5.41, 5.74) is 8.99. The van der Waals surface area contributed by atoms with Gasteiger partial charge in [0.2, 0.25) is 5.91 Å². The van der Waals surface area contributed by atoms with Crippen LogP contribution in [0.25, 0.3) is 22.0 Å². The van der Waals surface area contributed by atoms with Gasteiger partial charge in [0.15, 0.2) is 0 Å². The number of carbonyl (C=O) groups is 1. The topological polar surface area (TPSA) is 80.9 Å². The Morgan fingerprint density at radius 1 is 1.28 bits per heavy atom. The van der Waals surface area contributed by atoms with Crippen LogP contribution in [0.15, 0.2) is 36.5 Å². The standard InChI is InChI=1S/C19H17FN4O/c1-10-14(12-4-5-15(20)16(21)7-12)6-13-9-22-18(8-17(13)23-10)24-19(25)11-2-3-11/h4-9,11H,2-3,21H2,1H3,(H,22,24,25). The Kier molecular flexibility index (Phi) is 3.60. The van der Waals surface area contributed by atoms with Gasteiger partial charge in [0.05, 0.1) is 11.2 Å². The Balaban J connectivity index is 1.71. The number of halogens is 1. The maximum Gasteiger partial charge on any atom is 0.228 e. The summed E-state index contributed by atoms with van der Waals surface area (Å²) in [6, 6.07) is 8.35. The summed E-state index contributed by atoms with van der Waals surface area (Å²) in [5, 5.41) is 3.67. The third-order valence-corrected chi connectivity index (χ3v) is 4.40. The molecule has 5 nitrogen and oxygen atoms in total. The highest BCUT2D eigenvalue weighted by atomic mass is 19.1. The largest absolute Gasteiger partial charge is 0.396 e. The minimum atomic E-state index is -0.437. The van der Waals surface area contributed by atoms with Crippen molar-refractivity contribution in [2.75, 3.05) is 11.1 Å². The second-order valence-corrected chi connectivity index (χ2v) is 6.38. The minimum Gasteiger partial charge on any atom is -0.396 e. The van der Waals surface area contributed by atoms with E-state index in [1.807, 2.05) is 13.0 Å². The smallest absolute Gasteiger partial charge is 0.228 e. The molecular formula is C19H17FN4O. The lowest BCUT2D eigenvalue weighted by Gasteiger charge is -2.10. The molecule has 1 aromatic carbocycles. The summed E-state index contributed by atoms with van der Waals surface area (Å²) < 4.78 is 13.4. The first-order valence-corrected chi connectivity index (χ1v) is 8.15. The van der Waals surface area contributed by atoms with Crippen molar-refractivity contribution < 1.29 is 9.18 Å². The predicted molar refractivity (Wildman–Crippen MR) is 95.4 cm³/mol. The fourth-order valence-corrected chi connectivity index (χ4v) is 2.81. The number of amides is 1. The van der Waals surface area contributed by atoms with Crippen LogP contribution in [0.1, 0.15) is 18.5 Å². The summed E-state index contributed by atoms with van der Waals surface area (Å²) in [7, 11) is 0. The zero-order chi connectivity index (χ0) is 17.6. The molecule has 126 valence electrons. The lowest BCUT2D eigenvalue weighted by Crippen LogP contribution is -2.14. The third-order valence-electron chi connectivity index (χ3n) is 4.40. The highest BCUT2D eigenvalue weighted by Gasteiger charge is 2.29. The maximum absolute atomic E-state index is 13.4. The highest BCUT2D eigenvalue weighted by molar-refractivity contribution is 5.95. The summed E-state index contributed by atoms with van der Waals surface area (Å²) >= 11 is 0. The highest BCUT2D eigenvalue weighted by Crippen LogP contribution is 2.31. The molecule has 6 heteroatoms. The number of carbonyl (C=O) groups excluding carboxylic acids is 1. The molecule has 0 bridgehead atoms. The number of anilines is 2. The Morgan fingerprint density at radius 2 is 2.08 bits per heavy atom. The summed E-state index contributed by atoms with van der Waals surface area (Å²) in [6.07, 6.45) is 3.57. The number of nitrogens with zero attached hydrogens (tertiary/aromatic N) is 2. The molecule has 3 aromatic rings. The van der Waals surface area contributed by atoms with Crippen LogP contribution in [0.4, 0.5) is 15.9 Å². The van der Waals surface area contributed by atoms with Gasteiger partial charge < -0.3 is 11.1 Å². The van der Waals surface area contributed by atoms with Crippen LogP contribution in [0.3, 0.4) is 0 Å². The number of rotatable bonds is 3. The molecular weight excluding hydrogens is 319 g/mol. The summed E-state index contributed by atoms with van der Waals surface area (Å²) in [4.78, 5) is 20.8. The predicted octanol–water partition coefficient (Wildman–Crippen LogP) is 3.68. The first-order valence-electron chi connectivity index (χ1n) is 8.15. The van der Waals surface area contributed by atoms with E-state index in [9.17, 15) is 9.18 Å². The van der Waals surface area contributed by atoms with Crippen LogP contribution in [0.5, 0.6) is 0 Å². The SMILES string of the molecule is Cc1nc2cc(NC(=O)C3CC3)ncc2cc1-c1ccc(F)c(N)c1. The van der Waals surface area contributed by atoms with Crippen molar-refractivity contribution in [3.63, 3.8) is 0 Å². The quantitative estimate of drug-likeness (QED) is 0.715. The molecule has 1 fully saturated rings. The fraction of sp³-hybridized carbons (Fsp3) is 0.211. The van der Waals surface area contributed by atoms with Crippen molar-refractivity contribution in [3.05, 3.63) is 48.0 Å². The van der Waals surface area contributed by atoms with Gasteiger partial charge in [0.25, 0.3) is 0 Å². The van der Waals surface area contributed by atoms with E-state index < -0.39 is 5.82 Å². The van der Waals surface area contributed by atoms with Gasteiger partial charge in [0, 0.05) is 34.8 Å². The first kappa shape index (κ1) is 15.5. The van der Waals surface area contributed by atoms with Crippen molar-refractivity contribution in [1.82, 2.24) is 9.97 Å².